The van der Waals surface area contributed by atoms with Crippen LogP contribution in [-0.4, -0.2) is 45.6 Å². The lowest BCUT2D eigenvalue weighted by molar-refractivity contribution is 0.102. The molecule has 0 atom stereocenters. The van der Waals surface area contributed by atoms with E-state index >= 15 is 0 Å². The van der Waals surface area contributed by atoms with Crippen molar-refractivity contribution in [2.75, 3.05) is 41.2 Å². The average molecular weight is 453 g/mol. The van der Waals surface area contributed by atoms with E-state index in [1.54, 1.807) is 42.6 Å². The Morgan fingerprint density at radius 3 is 2.53 bits per heavy atom. The number of nitrogens with zero attached hydrogens (tertiary/aromatic N) is 2. The largest absolute Gasteiger partial charge is 0.378 e. The van der Waals surface area contributed by atoms with Gasteiger partial charge in [-0.3, -0.25) is 9.52 Å². The summed E-state index contributed by atoms with van der Waals surface area (Å²) in [6.07, 6.45) is 1.67. The van der Waals surface area contributed by atoms with Gasteiger partial charge < -0.3 is 15.0 Å². The number of ether oxygens (including phenoxy) is 1. The number of carbonyl (C=O) groups excluding carboxylic acids is 1. The topological polar surface area (TPSA) is 101 Å². The normalized spacial score (nSPS) is 14.1. The van der Waals surface area contributed by atoms with Gasteiger partial charge in [0.25, 0.3) is 15.9 Å². The minimum absolute atomic E-state index is 0.00492. The van der Waals surface area contributed by atoms with Crippen LogP contribution in [0.3, 0.4) is 0 Å². The second-order valence-electron chi connectivity index (χ2n) is 7.43. The average Bonchev–Trinajstić information content (AvgIpc) is 2.81. The van der Waals surface area contributed by atoms with Crippen LogP contribution in [0, 0.1) is 6.92 Å². The monoisotopic (exact) mass is 452 g/mol. The number of hydrogen-bond donors (Lipinski definition) is 2. The standard InChI is InChI=1S/C23H24N4O4S/c1-17-7-9-19(10-8-17)26-32(29,30)20-5-2-4-18(16-20)23(28)25-21-6-3-11-24-22(21)27-12-14-31-15-13-27/h2-11,16,26H,12-15H2,1H3,(H,25,28). The molecule has 0 spiro atoms. The highest BCUT2D eigenvalue weighted by Crippen LogP contribution is 2.25. The van der Waals surface area contributed by atoms with Gasteiger partial charge in [-0.05, 0) is 49.4 Å². The zero-order valence-corrected chi connectivity index (χ0v) is 18.4. The molecule has 2 aromatic carbocycles. The van der Waals surface area contributed by atoms with E-state index in [1.807, 2.05) is 24.0 Å². The Hall–Kier alpha value is -3.43. The third-order valence-electron chi connectivity index (χ3n) is 5.06. The second-order valence-corrected chi connectivity index (χ2v) is 9.11. The highest BCUT2D eigenvalue weighted by Gasteiger charge is 2.20. The molecule has 0 bridgehead atoms. The first-order chi connectivity index (χ1) is 15.4. The maximum absolute atomic E-state index is 12.9. The molecule has 2 heterocycles. The molecule has 1 aliphatic rings. The number of sulfonamides is 1. The van der Waals surface area contributed by atoms with Crippen LogP contribution in [-0.2, 0) is 14.8 Å². The lowest BCUT2D eigenvalue weighted by Crippen LogP contribution is -2.37. The molecule has 32 heavy (non-hydrogen) atoms. The molecule has 4 rings (SSSR count). The van der Waals surface area contributed by atoms with Crippen molar-refractivity contribution < 1.29 is 17.9 Å². The number of anilines is 3. The summed E-state index contributed by atoms with van der Waals surface area (Å²) in [4.78, 5) is 19.4. The molecule has 1 saturated heterocycles. The van der Waals surface area contributed by atoms with Crippen molar-refractivity contribution in [3.8, 4) is 0 Å². The molecule has 0 radical (unpaired) electrons. The molecule has 3 aromatic rings. The van der Waals surface area contributed by atoms with Crippen LogP contribution in [0.2, 0.25) is 0 Å². The smallest absolute Gasteiger partial charge is 0.261 e. The fourth-order valence-electron chi connectivity index (χ4n) is 3.36. The summed E-state index contributed by atoms with van der Waals surface area (Å²) >= 11 is 0. The van der Waals surface area contributed by atoms with Crippen LogP contribution in [0.4, 0.5) is 17.2 Å². The molecule has 1 aliphatic heterocycles. The van der Waals surface area contributed by atoms with Gasteiger partial charge in [0.15, 0.2) is 5.82 Å². The number of aryl methyl sites for hydroxylation is 1. The summed E-state index contributed by atoms with van der Waals surface area (Å²) in [5.41, 5.74) is 2.27. The van der Waals surface area contributed by atoms with Crippen LogP contribution in [0.25, 0.3) is 0 Å². The Labute approximate surface area is 187 Å². The highest BCUT2D eigenvalue weighted by atomic mass is 32.2. The molecule has 166 valence electrons. The maximum Gasteiger partial charge on any atom is 0.261 e. The number of rotatable bonds is 6. The first-order valence-corrected chi connectivity index (χ1v) is 11.7. The third kappa shape index (κ3) is 5.06. The quantitative estimate of drug-likeness (QED) is 0.595. The van der Waals surface area contributed by atoms with E-state index in [0.29, 0.717) is 43.5 Å². The van der Waals surface area contributed by atoms with Crippen molar-refractivity contribution in [3.05, 3.63) is 78.0 Å². The molecule has 1 aromatic heterocycles. The van der Waals surface area contributed by atoms with Gasteiger partial charge in [-0.25, -0.2) is 13.4 Å². The predicted molar refractivity (Wildman–Crippen MR) is 124 cm³/mol. The fourth-order valence-corrected chi connectivity index (χ4v) is 4.46. The summed E-state index contributed by atoms with van der Waals surface area (Å²) in [5, 5.41) is 2.86. The molecule has 0 aliphatic carbocycles. The van der Waals surface area contributed by atoms with Crippen LogP contribution < -0.4 is 14.9 Å². The van der Waals surface area contributed by atoms with Gasteiger partial charge in [0.1, 0.15) is 0 Å². The van der Waals surface area contributed by atoms with Crippen molar-refractivity contribution in [2.24, 2.45) is 0 Å². The van der Waals surface area contributed by atoms with Gasteiger partial charge in [0, 0.05) is 30.5 Å². The SMILES string of the molecule is Cc1ccc(NS(=O)(=O)c2cccc(C(=O)Nc3cccnc3N3CCOCC3)c2)cc1. The lowest BCUT2D eigenvalue weighted by Gasteiger charge is -2.29. The first-order valence-electron chi connectivity index (χ1n) is 10.2. The van der Waals surface area contributed by atoms with E-state index in [0.717, 1.165) is 5.56 Å². The number of amides is 1. The van der Waals surface area contributed by atoms with Crippen molar-refractivity contribution in [1.82, 2.24) is 4.98 Å². The Kier molecular flexibility index (Phi) is 6.38. The third-order valence-corrected chi connectivity index (χ3v) is 6.43. The van der Waals surface area contributed by atoms with E-state index in [4.69, 9.17) is 4.74 Å². The lowest BCUT2D eigenvalue weighted by atomic mass is 10.2. The van der Waals surface area contributed by atoms with E-state index in [2.05, 4.69) is 15.0 Å². The van der Waals surface area contributed by atoms with Gasteiger partial charge >= 0.3 is 0 Å². The maximum atomic E-state index is 12.9. The Morgan fingerprint density at radius 1 is 1.03 bits per heavy atom. The zero-order chi connectivity index (χ0) is 22.6. The van der Waals surface area contributed by atoms with E-state index in [-0.39, 0.29) is 10.5 Å². The number of aromatic nitrogens is 1. The van der Waals surface area contributed by atoms with Crippen molar-refractivity contribution in [1.29, 1.82) is 0 Å². The van der Waals surface area contributed by atoms with Crippen molar-refractivity contribution >= 4 is 33.1 Å². The minimum atomic E-state index is -3.84. The molecule has 8 nitrogen and oxygen atoms in total. The second kappa shape index (κ2) is 9.37. The number of nitrogens with one attached hydrogen (secondary N) is 2. The van der Waals surface area contributed by atoms with Crippen LogP contribution in [0.5, 0.6) is 0 Å². The molecule has 0 unspecified atom stereocenters. The molecule has 1 amide bonds. The summed E-state index contributed by atoms with van der Waals surface area (Å²) in [6.45, 7) is 4.47. The predicted octanol–water partition coefficient (Wildman–Crippen LogP) is 3.28. The number of carbonyl (C=O) groups is 1. The molecule has 2 N–H and O–H groups in total. The van der Waals surface area contributed by atoms with Crippen molar-refractivity contribution in [2.45, 2.75) is 11.8 Å². The van der Waals surface area contributed by atoms with Gasteiger partial charge in [-0.15, -0.1) is 0 Å². The van der Waals surface area contributed by atoms with Gasteiger partial charge in [-0.2, -0.15) is 0 Å². The van der Waals surface area contributed by atoms with Crippen LogP contribution in [0.1, 0.15) is 15.9 Å². The fraction of sp³-hybridized carbons (Fsp3) is 0.217. The summed E-state index contributed by atoms with van der Waals surface area (Å²) in [6, 6.07) is 16.5. The van der Waals surface area contributed by atoms with E-state index in [1.165, 1.54) is 12.1 Å². The number of morpholine rings is 1. The molecular weight excluding hydrogens is 428 g/mol. The highest BCUT2D eigenvalue weighted by molar-refractivity contribution is 7.92. The molecule has 9 heteroatoms. The van der Waals surface area contributed by atoms with Gasteiger partial charge in [0.2, 0.25) is 0 Å². The number of hydrogen-bond acceptors (Lipinski definition) is 6. The van der Waals surface area contributed by atoms with E-state index in [9.17, 15) is 13.2 Å². The van der Waals surface area contributed by atoms with E-state index < -0.39 is 15.9 Å². The van der Waals surface area contributed by atoms with Crippen LogP contribution >= 0.6 is 0 Å². The first kappa shape index (κ1) is 21.8. The Morgan fingerprint density at radius 2 is 1.78 bits per heavy atom. The summed E-state index contributed by atoms with van der Waals surface area (Å²) < 4.78 is 33.5. The van der Waals surface area contributed by atoms with Crippen molar-refractivity contribution in [3.63, 3.8) is 0 Å². The Bertz CT molecular complexity index is 1210. The minimum Gasteiger partial charge on any atom is -0.378 e. The van der Waals surface area contributed by atoms with Crippen LogP contribution in [0.15, 0.2) is 71.8 Å². The molecular formula is C23H24N4O4S. The summed E-state index contributed by atoms with van der Waals surface area (Å²) in [7, 11) is -3.84. The zero-order valence-electron chi connectivity index (χ0n) is 17.6. The molecule has 1 fully saturated rings. The van der Waals surface area contributed by atoms with Gasteiger partial charge in [-0.1, -0.05) is 23.8 Å². The Balaban J connectivity index is 1.53. The number of benzene rings is 2. The van der Waals surface area contributed by atoms with Gasteiger partial charge in [0.05, 0.1) is 23.8 Å². The molecule has 0 saturated carbocycles. The summed E-state index contributed by atoms with van der Waals surface area (Å²) in [5.74, 6) is 0.244. The number of pyridine rings is 1.